The first kappa shape index (κ1) is 15.0. The fourth-order valence-corrected chi connectivity index (χ4v) is 2.11. The number of carbonyl (C=O) groups is 1. The number of ether oxygens (including phenoxy) is 1. The van der Waals surface area contributed by atoms with E-state index in [-0.39, 0.29) is 17.5 Å². The van der Waals surface area contributed by atoms with E-state index >= 15 is 0 Å². The van der Waals surface area contributed by atoms with E-state index in [1.54, 1.807) is 19.1 Å². The average molecular weight is 334 g/mol. The van der Waals surface area contributed by atoms with Crippen LogP contribution < -0.4 is 21.0 Å². The molecule has 0 unspecified atom stereocenters. The number of aromatic nitrogens is 2. The van der Waals surface area contributed by atoms with Gasteiger partial charge in [-0.3, -0.25) is 15.0 Å². The minimum atomic E-state index is -0.502. The third kappa shape index (κ3) is 3.16. The molecule has 1 aromatic carbocycles. The Bertz CT molecular complexity index is 862. The van der Waals surface area contributed by atoms with Crippen LogP contribution in [0.15, 0.2) is 34.3 Å². The normalized spacial score (nSPS) is 13.8. The minimum absolute atomic E-state index is 0.00895. The molecule has 2 heterocycles. The molecule has 0 saturated heterocycles. The van der Waals surface area contributed by atoms with Crippen LogP contribution in [0.3, 0.4) is 0 Å². The fourth-order valence-electron chi connectivity index (χ4n) is 1.98. The summed E-state index contributed by atoms with van der Waals surface area (Å²) in [5.74, 6) is 0.402. The first-order valence-corrected chi connectivity index (χ1v) is 7.03. The lowest BCUT2D eigenvalue weighted by atomic mass is 10.1. The van der Waals surface area contributed by atoms with E-state index in [9.17, 15) is 9.59 Å². The molecule has 1 aromatic heterocycles. The predicted octanol–water partition coefficient (Wildman–Crippen LogP) is 1.59. The van der Waals surface area contributed by atoms with Crippen LogP contribution in [0.2, 0.25) is 5.02 Å². The average Bonchev–Trinajstić information content (AvgIpc) is 2.55. The number of nitrogens with zero attached hydrogens (tertiary/aromatic N) is 2. The summed E-state index contributed by atoms with van der Waals surface area (Å²) >= 11 is 5.85. The molecule has 1 amide bonds. The molecule has 3 rings (SSSR count). The van der Waals surface area contributed by atoms with Gasteiger partial charge in [0.1, 0.15) is 16.5 Å². The van der Waals surface area contributed by atoms with E-state index < -0.39 is 5.56 Å². The van der Waals surface area contributed by atoms with Crippen molar-refractivity contribution >= 4 is 34.6 Å². The van der Waals surface area contributed by atoms with E-state index in [0.29, 0.717) is 22.8 Å². The highest BCUT2D eigenvalue weighted by atomic mass is 35.5. The smallest absolute Gasteiger partial charge is 0.285 e. The van der Waals surface area contributed by atoms with Crippen molar-refractivity contribution in [3.63, 3.8) is 0 Å². The molecule has 1 aliphatic rings. The number of nitrogens with one attached hydrogen (secondary N) is 3. The number of aromatic amines is 1. The van der Waals surface area contributed by atoms with Gasteiger partial charge in [-0.25, -0.2) is 5.10 Å². The topological polar surface area (TPSA) is 108 Å². The maximum absolute atomic E-state index is 11.4. The molecule has 0 fully saturated rings. The van der Waals surface area contributed by atoms with Crippen LogP contribution in [-0.4, -0.2) is 28.4 Å². The van der Waals surface area contributed by atoms with Gasteiger partial charge in [0, 0.05) is 0 Å². The molecule has 8 nitrogen and oxygen atoms in total. The van der Waals surface area contributed by atoms with Crippen molar-refractivity contribution in [2.75, 3.05) is 17.3 Å². The second-order valence-electron chi connectivity index (χ2n) is 4.78. The van der Waals surface area contributed by atoms with E-state index in [0.717, 1.165) is 5.56 Å². The zero-order valence-electron chi connectivity index (χ0n) is 12.0. The van der Waals surface area contributed by atoms with Crippen molar-refractivity contribution < 1.29 is 9.53 Å². The van der Waals surface area contributed by atoms with Crippen molar-refractivity contribution in [2.45, 2.75) is 6.92 Å². The molecule has 0 bridgehead atoms. The van der Waals surface area contributed by atoms with Gasteiger partial charge in [-0.2, -0.15) is 10.2 Å². The number of anilines is 2. The molecule has 2 aromatic rings. The van der Waals surface area contributed by atoms with Crippen molar-refractivity contribution in [3.05, 3.63) is 45.3 Å². The van der Waals surface area contributed by atoms with E-state index in [4.69, 9.17) is 16.3 Å². The maximum Gasteiger partial charge on any atom is 0.285 e. The monoisotopic (exact) mass is 333 g/mol. The van der Waals surface area contributed by atoms with Gasteiger partial charge in [0.2, 0.25) is 0 Å². The number of fused-ring (bicyclic) bond motifs is 1. The van der Waals surface area contributed by atoms with Crippen molar-refractivity contribution in [1.82, 2.24) is 10.2 Å². The quantitative estimate of drug-likeness (QED) is 0.584. The predicted molar refractivity (Wildman–Crippen MR) is 86.3 cm³/mol. The maximum atomic E-state index is 11.4. The van der Waals surface area contributed by atoms with Crippen molar-refractivity contribution in [2.24, 2.45) is 5.10 Å². The molecule has 23 heavy (non-hydrogen) atoms. The lowest BCUT2D eigenvalue weighted by molar-refractivity contribution is -0.118. The number of H-pyrrole nitrogens is 1. The lowest BCUT2D eigenvalue weighted by Crippen LogP contribution is -2.25. The first-order chi connectivity index (χ1) is 11.0. The summed E-state index contributed by atoms with van der Waals surface area (Å²) in [6, 6.07) is 5.32. The van der Waals surface area contributed by atoms with Crippen LogP contribution in [0.25, 0.3) is 0 Å². The second kappa shape index (κ2) is 6.09. The Labute approximate surface area is 135 Å². The van der Waals surface area contributed by atoms with Crippen LogP contribution >= 0.6 is 11.6 Å². The standard InChI is InChI=1S/C14H12ClN5O3/c1-7(18-19-10-5-16-20-14(22)13(10)15)8-2-3-11-9(4-8)17-12(21)6-23-11/h2-5H,6H2,1H3,(H,17,21)(H2,19,20,22)/b18-7-. The molecule has 0 radical (unpaired) electrons. The van der Waals surface area contributed by atoms with Gasteiger partial charge >= 0.3 is 0 Å². The Morgan fingerprint density at radius 1 is 1.43 bits per heavy atom. The van der Waals surface area contributed by atoms with Crippen LogP contribution in [0, 0.1) is 0 Å². The second-order valence-corrected chi connectivity index (χ2v) is 5.16. The van der Waals surface area contributed by atoms with Crippen LogP contribution in [0.4, 0.5) is 11.4 Å². The number of amides is 1. The lowest BCUT2D eigenvalue weighted by Gasteiger charge is -2.18. The van der Waals surface area contributed by atoms with Gasteiger partial charge < -0.3 is 10.1 Å². The Kier molecular flexibility index (Phi) is 3.98. The summed E-state index contributed by atoms with van der Waals surface area (Å²) in [4.78, 5) is 22.7. The Morgan fingerprint density at radius 2 is 2.26 bits per heavy atom. The van der Waals surface area contributed by atoms with Gasteiger partial charge in [0.25, 0.3) is 11.5 Å². The van der Waals surface area contributed by atoms with Crippen LogP contribution in [-0.2, 0) is 4.79 Å². The molecule has 0 atom stereocenters. The molecule has 0 aliphatic carbocycles. The van der Waals surface area contributed by atoms with Gasteiger partial charge in [-0.05, 0) is 30.7 Å². The number of rotatable bonds is 3. The highest BCUT2D eigenvalue weighted by Gasteiger charge is 2.16. The van der Waals surface area contributed by atoms with Gasteiger partial charge in [0.05, 0.1) is 17.6 Å². The highest BCUT2D eigenvalue weighted by molar-refractivity contribution is 6.32. The Morgan fingerprint density at radius 3 is 3.09 bits per heavy atom. The molecule has 9 heteroatoms. The minimum Gasteiger partial charge on any atom is -0.482 e. The summed E-state index contributed by atoms with van der Waals surface area (Å²) in [7, 11) is 0. The Hall–Kier alpha value is -2.87. The number of halogens is 1. The third-order valence-corrected chi connectivity index (χ3v) is 3.55. The number of hydrazone groups is 1. The van der Waals surface area contributed by atoms with Crippen LogP contribution in [0.5, 0.6) is 5.75 Å². The summed E-state index contributed by atoms with van der Waals surface area (Å²) in [5, 5.41) is 12.7. The number of benzene rings is 1. The largest absolute Gasteiger partial charge is 0.482 e. The Balaban J connectivity index is 1.84. The number of hydrogen-bond donors (Lipinski definition) is 3. The van der Waals surface area contributed by atoms with E-state index in [1.807, 2.05) is 6.07 Å². The van der Waals surface area contributed by atoms with Crippen molar-refractivity contribution in [1.29, 1.82) is 0 Å². The molecular formula is C14H12ClN5O3. The van der Waals surface area contributed by atoms with Crippen LogP contribution in [0.1, 0.15) is 12.5 Å². The summed E-state index contributed by atoms with van der Waals surface area (Å²) < 4.78 is 5.30. The zero-order valence-corrected chi connectivity index (χ0v) is 12.8. The molecule has 0 saturated carbocycles. The van der Waals surface area contributed by atoms with Gasteiger partial charge in [-0.15, -0.1) is 0 Å². The zero-order chi connectivity index (χ0) is 16.4. The number of hydrogen-bond acceptors (Lipinski definition) is 6. The molecular weight excluding hydrogens is 322 g/mol. The number of carbonyl (C=O) groups excluding carboxylic acids is 1. The fraction of sp³-hybridized carbons (Fsp3) is 0.143. The SMILES string of the molecule is C/C(=N/Nc1cn[nH]c(=O)c1Cl)c1ccc2c(c1)NC(=O)CO2. The summed E-state index contributed by atoms with van der Waals surface area (Å²) in [6.45, 7) is 1.78. The molecule has 3 N–H and O–H groups in total. The van der Waals surface area contributed by atoms with Gasteiger partial charge in [-0.1, -0.05) is 11.6 Å². The molecule has 0 spiro atoms. The molecule has 118 valence electrons. The third-order valence-electron chi connectivity index (χ3n) is 3.17. The first-order valence-electron chi connectivity index (χ1n) is 6.65. The van der Waals surface area contributed by atoms with E-state index in [2.05, 4.69) is 26.0 Å². The summed E-state index contributed by atoms with van der Waals surface area (Å²) in [5.41, 5.74) is 4.48. The summed E-state index contributed by atoms with van der Waals surface area (Å²) in [6.07, 6.45) is 1.36. The molecule has 1 aliphatic heterocycles. The highest BCUT2D eigenvalue weighted by Crippen LogP contribution is 2.28. The van der Waals surface area contributed by atoms with Gasteiger partial charge in [0.15, 0.2) is 6.61 Å². The van der Waals surface area contributed by atoms with E-state index in [1.165, 1.54) is 6.20 Å². The van der Waals surface area contributed by atoms with Crippen molar-refractivity contribution in [3.8, 4) is 5.75 Å².